The first-order valence-electron chi connectivity index (χ1n) is 4.41. The first-order chi connectivity index (χ1) is 6.79. The highest BCUT2D eigenvalue weighted by Gasteiger charge is 2.04. The number of hydrogen-bond donors (Lipinski definition) is 1. The summed E-state index contributed by atoms with van der Waals surface area (Å²) in [7, 11) is 3.33. The molecule has 1 N–H and O–H groups in total. The molecule has 1 aromatic heterocycles. The van der Waals surface area contributed by atoms with Crippen LogP contribution < -0.4 is 0 Å². The second kappa shape index (κ2) is 5.90. The van der Waals surface area contributed by atoms with Crippen LogP contribution in [-0.2, 0) is 22.4 Å². The van der Waals surface area contributed by atoms with E-state index < -0.39 is 0 Å². The van der Waals surface area contributed by atoms with E-state index in [2.05, 4.69) is 10.2 Å². The molecule has 80 valence electrons. The minimum absolute atomic E-state index is 0.633. The number of nitrogens with one attached hydrogen (secondary N) is 1. The Morgan fingerprint density at radius 3 is 2.71 bits per heavy atom. The highest BCUT2D eigenvalue weighted by molar-refractivity contribution is 7.71. The van der Waals surface area contributed by atoms with E-state index in [9.17, 15) is 0 Å². The summed E-state index contributed by atoms with van der Waals surface area (Å²) in [4.78, 5) is 0. The van der Waals surface area contributed by atoms with E-state index in [0.717, 1.165) is 18.8 Å². The van der Waals surface area contributed by atoms with Crippen LogP contribution in [0.3, 0.4) is 0 Å². The van der Waals surface area contributed by atoms with Gasteiger partial charge in [0.1, 0.15) is 5.82 Å². The van der Waals surface area contributed by atoms with Gasteiger partial charge in [-0.2, -0.15) is 5.10 Å². The average molecular weight is 217 g/mol. The van der Waals surface area contributed by atoms with Crippen LogP contribution in [0.1, 0.15) is 5.82 Å². The third-order valence-electron chi connectivity index (χ3n) is 1.89. The summed E-state index contributed by atoms with van der Waals surface area (Å²) in [6, 6.07) is 0. The van der Waals surface area contributed by atoms with Gasteiger partial charge >= 0.3 is 0 Å². The van der Waals surface area contributed by atoms with E-state index >= 15 is 0 Å². The lowest BCUT2D eigenvalue weighted by Gasteiger charge is -2.04. The lowest BCUT2D eigenvalue weighted by atomic mass is 10.4. The highest BCUT2D eigenvalue weighted by atomic mass is 32.1. The van der Waals surface area contributed by atoms with Gasteiger partial charge < -0.3 is 14.0 Å². The zero-order valence-corrected chi connectivity index (χ0v) is 9.26. The molecule has 1 heterocycles. The van der Waals surface area contributed by atoms with Crippen molar-refractivity contribution in [1.29, 1.82) is 0 Å². The van der Waals surface area contributed by atoms with Crippen molar-refractivity contribution in [1.82, 2.24) is 14.8 Å². The zero-order valence-electron chi connectivity index (χ0n) is 8.45. The van der Waals surface area contributed by atoms with E-state index in [0.29, 0.717) is 18.0 Å². The molecule has 0 unspecified atom stereocenters. The van der Waals surface area contributed by atoms with Gasteiger partial charge in [-0.1, -0.05) is 0 Å². The van der Waals surface area contributed by atoms with Crippen LogP contribution in [0.2, 0.25) is 0 Å². The van der Waals surface area contributed by atoms with Gasteiger partial charge in [0.05, 0.1) is 13.2 Å². The fourth-order valence-corrected chi connectivity index (χ4v) is 1.39. The van der Waals surface area contributed by atoms with Crippen molar-refractivity contribution in [3.05, 3.63) is 10.6 Å². The zero-order chi connectivity index (χ0) is 10.4. The molecule has 1 aromatic rings. The Hall–Kier alpha value is -0.720. The third kappa shape index (κ3) is 2.90. The van der Waals surface area contributed by atoms with Gasteiger partial charge in [-0.15, -0.1) is 0 Å². The summed E-state index contributed by atoms with van der Waals surface area (Å²) >= 11 is 5.09. The molecule has 6 heteroatoms. The monoisotopic (exact) mass is 217 g/mol. The molecule has 0 fully saturated rings. The Labute approximate surface area is 88.0 Å². The molecular formula is C8H15N3O2S. The van der Waals surface area contributed by atoms with Gasteiger partial charge in [0.15, 0.2) is 4.77 Å². The molecule has 0 bridgehead atoms. The normalized spacial score (nSPS) is 10.7. The summed E-state index contributed by atoms with van der Waals surface area (Å²) in [6.07, 6.45) is 0.757. The number of H-pyrrole nitrogens is 1. The van der Waals surface area contributed by atoms with Crippen LogP contribution >= 0.6 is 12.2 Å². The van der Waals surface area contributed by atoms with Crippen molar-refractivity contribution in [2.75, 3.05) is 27.4 Å². The Kier molecular flexibility index (Phi) is 4.78. The summed E-state index contributed by atoms with van der Waals surface area (Å²) in [5.41, 5.74) is 0. The molecule has 0 amide bonds. The number of rotatable bonds is 6. The van der Waals surface area contributed by atoms with Gasteiger partial charge in [0, 0.05) is 27.2 Å². The predicted molar refractivity (Wildman–Crippen MR) is 54.9 cm³/mol. The van der Waals surface area contributed by atoms with Crippen LogP contribution in [0.25, 0.3) is 0 Å². The standard InChI is InChI=1S/C8H15N3O2S/c1-12-5-3-7-9-10-8(14)11(7)4-6-13-2/h3-6H2,1-2H3,(H,10,14). The van der Waals surface area contributed by atoms with E-state index in [1.807, 2.05) is 4.57 Å². The SMILES string of the molecule is COCCc1n[nH]c(=S)n1CCOC. The summed E-state index contributed by atoms with van der Waals surface area (Å²) in [5.74, 6) is 0.911. The first-order valence-corrected chi connectivity index (χ1v) is 4.82. The maximum atomic E-state index is 5.09. The third-order valence-corrected chi connectivity index (χ3v) is 2.20. The Morgan fingerprint density at radius 2 is 2.07 bits per heavy atom. The Bertz CT molecular complexity index is 321. The van der Waals surface area contributed by atoms with Crippen LogP contribution in [0.4, 0.5) is 0 Å². The molecule has 0 radical (unpaired) electrons. The van der Waals surface area contributed by atoms with E-state index in [1.165, 1.54) is 0 Å². The second-order valence-corrected chi connectivity index (χ2v) is 3.22. The van der Waals surface area contributed by atoms with Crippen molar-refractivity contribution >= 4 is 12.2 Å². The minimum Gasteiger partial charge on any atom is -0.384 e. The number of aromatic nitrogens is 3. The fourth-order valence-electron chi connectivity index (χ4n) is 1.15. The molecule has 0 saturated carbocycles. The second-order valence-electron chi connectivity index (χ2n) is 2.83. The number of nitrogens with zero attached hydrogens (tertiary/aromatic N) is 2. The molecule has 0 aromatic carbocycles. The molecular weight excluding hydrogens is 202 g/mol. The van der Waals surface area contributed by atoms with E-state index in [-0.39, 0.29) is 0 Å². The molecule has 5 nitrogen and oxygen atoms in total. The average Bonchev–Trinajstić information content (AvgIpc) is 2.53. The smallest absolute Gasteiger partial charge is 0.195 e. The minimum atomic E-state index is 0.633. The van der Waals surface area contributed by atoms with Crippen molar-refractivity contribution < 1.29 is 9.47 Å². The number of ether oxygens (including phenoxy) is 2. The molecule has 1 rings (SSSR count). The molecule has 0 aliphatic heterocycles. The maximum Gasteiger partial charge on any atom is 0.195 e. The van der Waals surface area contributed by atoms with Crippen molar-refractivity contribution in [2.45, 2.75) is 13.0 Å². The van der Waals surface area contributed by atoms with E-state index in [4.69, 9.17) is 21.7 Å². The summed E-state index contributed by atoms with van der Waals surface area (Å²) in [5, 5.41) is 6.88. The largest absolute Gasteiger partial charge is 0.384 e. The maximum absolute atomic E-state index is 5.09. The Morgan fingerprint density at radius 1 is 1.36 bits per heavy atom. The molecule has 0 atom stereocenters. The lowest BCUT2D eigenvalue weighted by Crippen LogP contribution is -2.10. The molecule has 14 heavy (non-hydrogen) atoms. The summed E-state index contributed by atoms with van der Waals surface area (Å²) in [6.45, 7) is 2.01. The van der Waals surface area contributed by atoms with Gasteiger partial charge in [-0.3, -0.25) is 5.10 Å². The van der Waals surface area contributed by atoms with Crippen LogP contribution in [0.15, 0.2) is 0 Å². The number of methoxy groups -OCH3 is 2. The van der Waals surface area contributed by atoms with Gasteiger partial charge in [0.25, 0.3) is 0 Å². The summed E-state index contributed by atoms with van der Waals surface area (Å²) < 4.78 is 12.5. The predicted octanol–water partition coefficient (Wildman–Crippen LogP) is 0.776. The lowest BCUT2D eigenvalue weighted by molar-refractivity contribution is 0.181. The Balaban J connectivity index is 2.67. The first kappa shape index (κ1) is 11.4. The van der Waals surface area contributed by atoms with Gasteiger partial charge in [0.2, 0.25) is 0 Å². The number of aromatic amines is 1. The molecule has 0 spiro atoms. The van der Waals surface area contributed by atoms with Crippen LogP contribution in [-0.4, -0.2) is 42.2 Å². The quantitative estimate of drug-likeness (QED) is 0.715. The van der Waals surface area contributed by atoms with E-state index in [1.54, 1.807) is 14.2 Å². The number of hydrogen-bond acceptors (Lipinski definition) is 4. The van der Waals surface area contributed by atoms with Gasteiger partial charge in [-0.05, 0) is 12.2 Å². The molecule has 0 aliphatic carbocycles. The van der Waals surface area contributed by atoms with Crippen molar-refractivity contribution in [3.63, 3.8) is 0 Å². The molecule has 0 saturated heterocycles. The van der Waals surface area contributed by atoms with Crippen LogP contribution in [0, 0.1) is 4.77 Å². The van der Waals surface area contributed by atoms with Crippen molar-refractivity contribution in [3.8, 4) is 0 Å². The van der Waals surface area contributed by atoms with Gasteiger partial charge in [-0.25, -0.2) is 0 Å². The fraction of sp³-hybridized carbons (Fsp3) is 0.750. The van der Waals surface area contributed by atoms with Crippen LogP contribution in [0.5, 0.6) is 0 Å². The topological polar surface area (TPSA) is 52.1 Å². The highest BCUT2D eigenvalue weighted by Crippen LogP contribution is 1.99. The molecule has 0 aliphatic rings. The van der Waals surface area contributed by atoms with Crippen molar-refractivity contribution in [2.24, 2.45) is 0 Å².